The van der Waals surface area contributed by atoms with Crippen LogP contribution in [0.25, 0.3) is 0 Å². The van der Waals surface area contributed by atoms with Crippen LogP contribution in [0, 0.1) is 0 Å². The Morgan fingerprint density at radius 1 is 1.78 bits per heavy atom. The topological polar surface area (TPSA) is 61.3 Å². The molecular formula is C4H5BrN2O2. The number of nitrogens with two attached hydrogens (primary N) is 1. The standard InChI is InChI=1S/C4H5BrN2O2/c1-8-4-2(5)3(6)7-9-4/h1H3,(H2,6,7). The monoisotopic (exact) mass is 192 g/mol. The first-order chi connectivity index (χ1) is 4.25. The van der Waals surface area contributed by atoms with Gasteiger partial charge >= 0.3 is 5.95 Å². The fourth-order valence-corrected chi connectivity index (χ4v) is 0.709. The summed E-state index contributed by atoms with van der Waals surface area (Å²) in [5.74, 6) is 0.597. The first-order valence-electron chi connectivity index (χ1n) is 2.20. The number of nitrogen functional groups attached to an aromatic ring is 1. The zero-order valence-electron chi connectivity index (χ0n) is 4.72. The number of halogens is 1. The summed E-state index contributed by atoms with van der Waals surface area (Å²) in [6.07, 6.45) is 0. The minimum Gasteiger partial charge on any atom is -0.466 e. The zero-order valence-corrected chi connectivity index (χ0v) is 6.31. The highest BCUT2D eigenvalue weighted by Gasteiger charge is 2.09. The van der Waals surface area contributed by atoms with E-state index in [4.69, 9.17) is 10.5 Å². The summed E-state index contributed by atoms with van der Waals surface area (Å²) in [5, 5.41) is 3.42. The summed E-state index contributed by atoms with van der Waals surface area (Å²) in [5.41, 5.74) is 5.28. The van der Waals surface area contributed by atoms with Crippen LogP contribution in [0.3, 0.4) is 0 Å². The molecule has 0 unspecified atom stereocenters. The van der Waals surface area contributed by atoms with Crippen molar-refractivity contribution in [3.8, 4) is 5.95 Å². The molecule has 0 fully saturated rings. The quantitative estimate of drug-likeness (QED) is 0.723. The van der Waals surface area contributed by atoms with Gasteiger partial charge in [0, 0.05) is 0 Å². The number of methoxy groups -OCH3 is 1. The van der Waals surface area contributed by atoms with Gasteiger partial charge < -0.3 is 15.0 Å². The van der Waals surface area contributed by atoms with E-state index in [1.807, 2.05) is 0 Å². The Kier molecular flexibility index (Phi) is 1.61. The van der Waals surface area contributed by atoms with Gasteiger partial charge in [0.05, 0.1) is 7.11 Å². The molecule has 0 amide bonds. The molecule has 0 atom stereocenters. The molecule has 0 spiro atoms. The van der Waals surface area contributed by atoms with Crippen molar-refractivity contribution in [3.05, 3.63) is 4.47 Å². The number of anilines is 1. The normalized spacial score (nSPS) is 9.56. The lowest BCUT2D eigenvalue weighted by molar-refractivity contribution is 0.260. The maximum atomic E-state index is 5.28. The third-order valence-electron chi connectivity index (χ3n) is 0.816. The van der Waals surface area contributed by atoms with Gasteiger partial charge in [0.2, 0.25) is 0 Å². The first-order valence-corrected chi connectivity index (χ1v) is 2.99. The average molecular weight is 193 g/mol. The van der Waals surface area contributed by atoms with E-state index in [-0.39, 0.29) is 0 Å². The molecule has 0 aliphatic carbocycles. The maximum Gasteiger partial charge on any atom is 0.327 e. The summed E-state index contributed by atoms with van der Waals surface area (Å²) in [7, 11) is 1.48. The number of aromatic nitrogens is 1. The molecule has 0 aliphatic heterocycles. The van der Waals surface area contributed by atoms with Crippen molar-refractivity contribution in [1.82, 2.24) is 5.16 Å². The Balaban J connectivity index is 3.04. The third kappa shape index (κ3) is 0.999. The van der Waals surface area contributed by atoms with Crippen LogP contribution in [0.1, 0.15) is 0 Å². The molecule has 0 aromatic carbocycles. The minimum absolute atomic E-state index is 0.298. The van der Waals surface area contributed by atoms with Gasteiger partial charge in [0.25, 0.3) is 0 Å². The molecule has 0 bridgehead atoms. The van der Waals surface area contributed by atoms with Crippen LogP contribution < -0.4 is 10.5 Å². The highest BCUT2D eigenvalue weighted by molar-refractivity contribution is 9.10. The molecule has 0 saturated carbocycles. The lowest BCUT2D eigenvalue weighted by atomic mass is 10.6. The number of hydrogen-bond acceptors (Lipinski definition) is 4. The second-order valence-electron chi connectivity index (χ2n) is 1.37. The zero-order chi connectivity index (χ0) is 6.85. The molecule has 1 aromatic rings. The Hall–Kier alpha value is -0.710. The Bertz CT molecular complexity index is 210. The van der Waals surface area contributed by atoms with Crippen molar-refractivity contribution < 1.29 is 9.26 Å². The number of rotatable bonds is 1. The lowest BCUT2D eigenvalue weighted by Gasteiger charge is -1.88. The van der Waals surface area contributed by atoms with Gasteiger partial charge in [0.15, 0.2) is 5.82 Å². The first kappa shape index (κ1) is 6.41. The maximum absolute atomic E-state index is 5.28. The molecule has 0 aliphatic rings. The highest BCUT2D eigenvalue weighted by atomic mass is 79.9. The van der Waals surface area contributed by atoms with E-state index in [1.165, 1.54) is 7.11 Å². The van der Waals surface area contributed by atoms with Crippen molar-refractivity contribution in [2.45, 2.75) is 0 Å². The molecule has 50 valence electrons. The molecule has 1 rings (SSSR count). The van der Waals surface area contributed by atoms with Crippen molar-refractivity contribution >= 4 is 21.7 Å². The smallest absolute Gasteiger partial charge is 0.327 e. The molecule has 1 aromatic heterocycles. The van der Waals surface area contributed by atoms with E-state index in [0.717, 1.165) is 0 Å². The minimum atomic E-state index is 0.298. The van der Waals surface area contributed by atoms with Crippen molar-refractivity contribution in [2.24, 2.45) is 0 Å². The van der Waals surface area contributed by atoms with E-state index < -0.39 is 0 Å². The van der Waals surface area contributed by atoms with Crippen molar-refractivity contribution in [2.75, 3.05) is 12.8 Å². The fourth-order valence-electron chi connectivity index (χ4n) is 0.402. The Morgan fingerprint density at radius 2 is 2.44 bits per heavy atom. The summed E-state index contributed by atoms with van der Waals surface area (Å²) < 4.78 is 9.87. The van der Waals surface area contributed by atoms with E-state index in [9.17, 15) is 0 Å². The molecule has 2 N–H and O–H groups in total. The Morgan fingerprint density at radius 3 is 2.67 bits per heavy atom. The van der Waals surface area contributed by atoms with Gasteiger partial charge in [-0.05, 0) is 15.9 Å². The molecule has 0 saturated heterocycles. The fraction of sp³-hybridized carbons (Fsp3) is 0.250. The van der Waals surface area contributed by atoms with E-state index in [0.29, 0.717) is 16.2 Å². The van der Waals surface area contributed by atoms with Gasteiger partial charge in [-0.15, -0.1) is 0 Å². The van der Waals surface area contributed by atoms with Gasteiger partial charge in [0.1, 0.15) is 4.47 Å². The molecule has 1 heterocycles. The van der Waals surface area contributed by atoms with Crippen molar-refractivity contribution in [3.63, 3.8) is 0 Å². The van der Waals surface area contributed by atoms with Gasteiger partial charge in [-0.25, -0.2) is 0 Å². The van der Waals surface area contributed by atoms with Crippen LogP contribution in [0.4, 0.5) is 5.82 Å². The SMILES string of the molecule is COc1onc(N)c1Br. The predicted molar refractivity (Wildman–Crippen MR) is 35.2 cm³/mol. The number of nitrogens with zero attached hydrogens (tertiary/aromatic N) is 1. The van der Waals surface area contributed by atoms with Gasteiger partial charge in [-0.3, -0.25) is 0 Å². The van der Waals surface area contributed by atoms with E-state index >= 15 is 0 Å². The van der Waals surface area contributed by atoms with E-state index in [2.05, 4.69) is 25.6 Å². The molecule has 0 radical (unpaired) electrons. The van der Waals surface area contributed by atoms with Crippen molar-refractivity contribution in [1.29, 1.82) is 0 Å². The Labute approximate surface area is 60.1 Å². The summed E-state index contributed by atoms with van der Waals surface area (Å²) >= 11 is 3.10. The molecule has 9 heavy (non-hydrogen) atoms. The summed E-state index contributed by atoms with van der Waals surface area (Å²) in [6.45, 7) is 0. The summed E-state index contributed by atoms with van der Waals surface area (Å²) in [6, 6.07) is 0. The third-order valence-corrected chi connectivity index (χ3v) is 1.55. The largest absolute Gasteiger partial charge is 0.466 e. The van der Waals surface area contributed by atoms with Gasteiger partial charge in [-0.2, -0.15) is 0 Å². The summed E-state index contributed by atoms with van der Waals surface area (Å²) in [4.78, 5) is 0. The van der Waals surface area contributed by atoms with Crippen LogP contribution in [-0.4, -0.2) is 12.3 Å². The van der Waals surface area contributed by atoms with Gasteiger partial charge in [-0.1, -0.05) is 5.16 Å². The molecule has 5 heteroatoms. The van der Waals surface area contributed by atoms with Crippen LogP contribution in [0.15, 0.2) is 9.00 Å². The number of hydrogen-bond donors (Lipinski definition) is 1. The highest BCUT2D eigenvalue weighted by Crippen LogP contribution is 2.29. The van der Waals surface area contributed by atoms with Crippen LogP contribution in [0.5, 0.6) is 5.95 Å². The second kappa shape index (κ2) is 2.26. The van der Waals surface area contributed by atoms with Crippen LogP contribution in [-0.2, 0) is 0 Å². The second-order valence-corrected chi connectivity index (χ2v) is 2.17. The number of ether oxygens (including phenoxy) is 1. The van der Waals surface area contributed by atoms with E-state index in [1.54, 1.807) is 0 Å². The predicted octanol–water partition coefficient (Wildman–Crippen LogP) is 1.03. The van der Waals surface area contributed by atoms with Crippen LogP contribution >= 0.6 is 15.9 Å². The average Bonchev–Trinajstić information content (AvgIpc) is 2.15. The molecule has 4 nitrogen and oxygen atoms in total. The molecular weight excluding hydrogens is 188 g/mol. The lowest BCUT2D eigenvalue weighted by Crippen LogP contribution is -1.84. The van der Waals surface area contributed by atoms with Crippen LogP contribution in [0.2, 0.25) is 0 Å².